The van der Waals surface area contributed by atoms with E-state index in [2.05, 4.69) is 15.9 Å². The first-order valence-corrected chi connectivity index (χ1v) is 5.71. The SMILES string of the molecule is CC(C)(C)C(CO)c1ccc(Br)cc1F. The molecule has 0 aromatic heterocycles. The third kappa shape index (κ3) is 3.02. The van der Waals surface area contributed by atoms with Gasteiger partial charge in [0.15, 0.2) is 0 Å². The molecule has 0 spiro atoms. The predicted octanol–water partition coefficient (Wildman–Crippen LogP) is 3.71. The fourth-order valence-corrected chi connectivity index (χ4v) is 1.96. The van der Waals surface area contributed by atoms with Crippen molar-refractivity contribution in [2.45, 2.75) is 26.7 Å². The lowest BCUT2D eigenvalue weighted by Gasteiger charge is -2.29. The minimum atomic E-state index is -0.265. The van der Waals surface area contributed by atoms with Gasteiger partial charge in [-0.3, -0.25) is 0 Å². The van der Waals surface area contributed by atoms with Crippen LogP contribution in [0.2, 0.25) is 0 Å². The van der Waals surface area contributed by atoms with Crippen LogP contribution in [0.15, 0.2) is 22.7 Å². The van der Waals surface area contributed by atoms with Crippen molar-refractivity contribution in [2.24, 2.45) is 5.41 Å². The summed E-state index contributed by atoms with van der Waals surface area (Å²) in [6.45, 7) is 5.95. The molecule has 1 aromatic carbocycles. The maximum Gasteiger partial charge on any atom is 0.127 e. The summed E-state index contributed by atoms with van der Waals surface area (Å²) in [6, 6.07) is 4.96. The number of halogens is 2. The van der Waals surface area contributed by atoms with Gasteiger partial charge in [-0.05, 0) is 23.1 Å². The number of hydrogen-bond acceptors (Lipinski definition) is 1. The highest BCUT2D eigenvalue weighted by Gasteiger charge is 2.27. The Morgan fingerprint density at radius 1 is 1.40 bits per heavy atom. The Hall–Kier alpha value is -0.410. The van der Waals surface area contributed by atoms with Crippen molar-refractivity contribution < 1.29 is 9.50 Å². The highest BCUT2D eigenvalue weighted by molar-refractivity contribution is 9.10. The molecule has 1 rings (SSSR count). The monoisotopic (exact) mass is 274 g/mol. The van der Waals surface area contributed by atoms with Crippen LogP contribution in [0.5, 0.6) is 0 Å². The zero-order valence-electron chi connectivity index (χ0n) is 9.22. The van der Waals surface area contributed by atoms with Crippen molar-refractivity contribution in [3.63, 3.8) is 0 Å². The highest BCUT2D eigenvalue weighted by atomic mass is 79.9. The van der Waals surface area contributed by atoms with E-state index >= 15 is 0 Å². The molecule has 0 radical (unpaired) electrons. The van der Waals surface area contributed by atoms with Gasteiger partial charge in [0.1, 0.15) is 5.82 Å². The van der Waals surface area contributed by atoms with Gasteiger partial charge >= 0.3 is 0 Å². The first-order valence-electron chi connectivity index (χ1n) is 4.92. The summed E-state index contributed by atoms with van der Waals surface area (Å²) in [6.07, 6.45) is 0. The van der Waals surface area contributed by atoms with Crippen molar-refractivity contribution in [3.8, 4) is 0 Å². The number of benzene rings is 1. The van der Waals surface area contributed by atoms with E-state index in [1.807, 2.05) is 20.8 Å². The predicted molar refractivity (Wildman–Crippen MR) is 63.4 cm³/mol. The summed E-state index contributed by atoms with van der Waals surface area (Å²) in [7, 11) is 0. The van der Waals surface area contributed by atoms with Crippen LogP contribution < -0.4 is 0 Å². The van der Waals surface area contributed by atoms with Gasteiger partial charge in [-0.25, -0.2) is 4.39 Å². The molecule has 0 fully saturated rings. The third-order valence-corrected chi connectivity index (χ3v) is 3.06. The van der Waals surface area contributed by atoms with Gasteiger partial charge in [-0.15, -0.1) is 0 Å². The Morgan fingerprint density at radius 2 is 2.00 bits per heavy atom. The average molecular weight is 275 g/mol. The van der Waals surface area contributed by atoms with E-state index in [9.17, 15) is 9.50 Å². The van der Waals surface area contributed by atoms with Crippen LogP contribution >= 0.6 is 15.9 Å². The fourth-order valence-electron chi connectivity index (χ4n) is 1.62. The summed E-state index contributed by atoms with van der Waals surface area (Å²) in [5, 5.41) is 9.33. The maximum absolute atomic E-state index is 13.7. The lowest BCUT2D eigenvalue weighted by atomic mass is 9.77. The molecule has 1 N–H and O–H groups in total. The Kier molecular flexibility index (Phi) is 3.90. The number of rotatable bonds is 2. The second-order valence-corrected chi connectivity index (χ2v) is 5.68. The average Bonchev–Trinajstić information content (AvgIpc) is 2.07. The van der Waals surface area contributed by atoms with E-state index in [1.165, 1.54) is 6.07 Å². The molecule has 3 heteroatoms. The molecule has 0 saturated carbocycles. The zero-order valence-corrected chi connectivity index (χ0v) is 10.8. The third-order valence-electron chi connectivity index (χ3n) is 2.57. The van der Waals surface area contributed by atoms with Crippen LogP contribution in [-0.4, -0.2) is 11.7 Å². The Balaban J connectivity index is 3.13. The van der Waals surface area contributed by atoms with Crippen molar-refractivity contribution in [1.29, 1.82) is 0 Å². The molecule has 0 heterocycles. The summed E-state index contributed by atoms with van der Waals surface area (Å²) >= 11 is 3.22. The Labute approximate surface area is 98.4 Å². The quantitative estimate of drug-likeness (QED) is 0.872. The minimum Gasteiger partial charge on any atom is -0.396 e. The molecule has 0 bridgehead atoms. The molecule has 15 heavy (non-hydrogen) atoms. The first-order chi connectivity index (χ1) is 6.86. The second-order valence-electron chi connectivity index (χ2n) is 4.77. The Morgan fingerprint density at radius 3 is 2.40 bits per heavy atom. The normalized spacial score (nSPS) is 14.0. The number of aliphatic hydroxyl groups is 1. The standard InChI is InChI=1S/C12H16BrFO/c1-12(2,3)10(7-15)9-5-4-8(13)6-11(9)14/h4-6,10,15H,7H2,1-3H3. The maximum atomic E-state index is 13.7. The van der Waals surface area contributed by atoms with E-state index in [0.29, 0.717) is 10.0 Å². The number of aliphatic hydroxyl groups excluding tert-OH is 1. The van der Waals surface area contributed by atoms with Crippen LogP contribution in [0.25, 0.3) is 0 Å². The summed E-state index contributed by atoms with van der Waals surface area (Å²) in [5.74, 6) is -0.441. The van der Waals surface area contributed by atoms with Crippen molar-refractivity contribution in [2.75, 3.05) is 6.61 Å². The van der Waals surface area contributed by atoms with Gasteiger partial charge < -0.3 is 5.11 Å². The molecule has 0 saturated heterocycles. The molecule has 1 atom stereocenters. The lowest BCUT2D eigenvalue weighted by Crippen LogP contribution is -2.22. The van der Waals surface area contributed by atoms with Crippen molar-refractivity contribution in [3.05, 3.63) is 34.1 Å². The van der Waals surface area contributed by atoms with Crippen LogP contribution in [0.4, 0.5) is 4.39 Å². The fraction of sp³-hybridized carbons (Fsp3) is 0.500. The molecule has 0 aliphatic heterocycles. The molecule has 0 aliphatic carbocycles. The van der Waals surface area contributed by atoms with Crippen molar-refractivity contribution in [1.82, 2.24) is 0 Å². The lowest BCUT2D eigenvalue weighted by molar-refractivity contribution is 0.183. The molecule has 0 amide bonds. The zero-order chi connectivity index (χ0) is 11.6. The number of hydrogen-bond donors (Lipinski definition) is 1. The van der Waals surface area contributed by atoms with Crippen molar-refractivity contribution >= 4 is 15.9 Å². The summed E-state index contributed by atoms with van der Waals surface area (Å²) < 4.78 is 14.4. The van der Waals surface area contributed by atoms with E-state index in [-0.39, 0.29) is 23.8 Å². The molecule has 1 unspecified atom stereocenters. The molecule has 84 valence electrons. The van der Waals surface area contributed by atoms with E-state index in [0.717, 1.165) is 0 Å². The van der Waals surface area contributed by atoms with Gasteiger partial charge in [0.05, 0.1) is 6.61 Å². The highest BCUT2D eigenvalue weighted by Crippen LogP contribution is 2.36. The van der Waals surface area contributed by atoms with Gasteiger partial charge in [0.25, 0.3) is 0 Å². The van der Waals surface area contributed by atoms with E-state index < -0.39 is 0 Å². The van der Waals surface area contributed by atoms with Crippen LogP contribution in [-0.2, 0) is 0 Å². The van der Waals surface area contributed by atoms with Gasteiger partial charge in [0, 0.05) is 10.4 Å². The topological polar surface area (TPSA) is 20.2 Å². The van der Waals surface area contributed by atoms with E-state index in [1.54, 1.807) is 12.1 Å². The molecular formula is C12H16BrFO. The van der Waals surface area contributed by atoms with Crippen LogP contribution in [0.1, 0.15) is 32.3 Å². The molecule has 1 aromatic rings. The summed E-state index contributed by atoms with van der Waals surface area (Å²) in [5.41, 5.74) is 0.428. The van der Waals surface area contributed by atoms with E-state index in [4.69, 9.17) is 0 Å². The van der Waals surface area contributed by atoms with Crippen LogP contribution in [0.3, 0.4) is 0 Å². The first kappa shape index (κ1) is 12.7. The second kappa shape index (κ2) is 4.62. The smallest absolute Gasteiger partial charge is 0.127 e. The van der Waals surface area contributed by atoms with Gasteiger partial charge in [-0.1, -0.05) is 42.8 Å². The Bertz CT molecular complexity index is 344. The van der Waals surface area contributed by atoms with Gasteiger partial charge in [0.2, 0.25) is 0 Å². The largest absolute Gasteiger partial charge is 0.396 e. The minimum absolute atomic E-state index is 0.0396. The molecule has 0 aliphatic rings. The molecule has 1 nitrogen and oxygen atoms in total. The molecular weight excluding hydrogens is 259 g/mol. The van der Waals surface area contributed by atoms with Crippen LogP contribution in [0, 0.1) is 11.2 Å². The summed E-state index contributed by atoms with van der Waals surface area (Å²) in [4.78, 5) is 0. The van der Waals surface area contributed by atoms with Gasteiger partial charge in [-0.2, -0.15) is 0 Å².